The van der Waals surface area contributed by atoms with Crippen molar-refractivity contribution in [1.82, 2.24) is 4.90 Å². The van der Waals surface area contributed by atoms with Crippen LogP contribution in [0.4, 0.5) is 0 Å². The molecule has 0 spiro atoms. The van der Waals surface area contributed by atoms with Crippen molar-refractivity contribution in [3.63, 3.8) is 0 Å². The van der Waals surface area contributed by atoms with E-state index in [1.807, 2.05) is 4.90 Å². The van der Waals surface area contributed by atoms with Gasteiger partial charge in [-0.3, -0.25) is 9.69 Å². The van der Waals surface area contributed by atoms with Gasteiger partial charge in [0.1, 0.15) is 0 Å². The van der Waals surface area contributed by atoms with Crippen LogP contribution in [-0.2, 0) is 19.0 Å². The Morgan fingerprint density at radius 1 is 1.11 bits per heavy atom. The Morgan fingerprint density at radius 2 is 1.68 bits per heavy atom. The van der Waals surface area contributed by atoms with Crippen molar-refractivity contribution < 1.29 is 24.1 Å². The molecule has 114 valence electrons. The maximum atomic E-state index is 10.7. The fourth-order valence-electron chi connectivity index (χ4n) is 1.60. The number of hydrogen-bond acceptors (Lipinski definition) is 5. The standard InChI is InChI=1S/C13H27NO5/c1-12(2)10-14(11-13(15)16)4-5-18-8-9-19-7-6-17-3/h12H,4-11H2,1-3H3,(H,15,16). The molecule has 0 saturated heterocycles. The highest BCUT2D eigenvalue weighted by Crippen LogP contribution is 1.98. The van der Waals surface area contributed by atoms with Gasteiger partial charge in [-0.05, 0) is 5.92 Å². The average Bonchev–Trinajstić information content (AvgIpc) is 2.30. The van der Waals surface area contributed by atoms with Crippen LogP contribution >= 0.6 is 0 Å². The van der Waals surface area contributed by atoms with E-state index in [0.717, 1.165) is 6.54 Å². The summed E-state index contributed by atoms with van der Waals surface area (Å²) in [5.74, 6) is -0.361. The normalized spacial score (nSPS) is 11.4. The number of ether oxygens (including phenoxy) is 3. The van der Waals surface area contributed by atoms with Gasteiger partial charge in [0, 0.05) is 20.2 Å². The van der Waals surface area contributed by atoms with Gasteiger partial charge in [0.2, 0.25) is 0 Å². The predicted octanol–water partition coefficient (Wildman–Crippen LogP) is 0.709. The molecule has 0 radical (unpaired) electrons. The summed E-state index contributed by atoms with van der Waals surface area (Å²) in [7, 11) is 1.63. The van der Waals surface area contributed by atoms with Gasteiger partial charge in [-0.2, -0.15) is 0 Å². The highest BCUT2D eigenvalue weighted by atomic mass is 16.5. The van der Waals surface area contributed by atoms with E-state index in [2.05, 4.69) is 13.8 Å². The quantitative estimate of drug-likeness (QED) is 0.500. The molecule has 0 saturated carbocycles. The largest absolute Gasteiger partial charge is 0.480 e. The fourth-order valence-corrected chi connectivity index (χ4v) is 1.60. The van der Waals surface area contributed by atoms with Crippen LogP contribution in [-0.4, -0.2) is 75.8 Å². The van der Waals surface area contributed by atoms with Crippen molar-refractivity contribution in [1.29, 1.82) is 0 Å². The first-order valence-electron chi connectivity index (χ1n) is 6.64. The smallest absolute Gasteiger partial charge is 0.317 e. The van der Waals surface area contributed by atoms with E-state index < -0.39 is 5.97 Å². The van der Waals surface area contributed by atoms with Gasteiger partial charge in [-0.15, -0.1) is 0 Å². The van der Waals surface area contributed by atoms with Crippen molar-refractivity contribution in [2.45, 2.75) is 13.8 Å². The number of carbonyl (C=O) groups is 1. The van der Waals surface area contributed by atoms with Gasteiger partial charge < -0.3 is 19.3 Å². The molecule has 0 aromatic heterocycles. The van der Waals surface area contributed by atoms with Gasteiger partial charge in [-0.25, -0.2) is 0 Å². The van der Waals surface area contributed by atoms with Crippen LogP contribution in [0.5, 0.6) is 0 Å². The second-order valence-corrected chi connectivity index (χ2v) is 4.74. The molecule has 0 aromatic carbocycles. The summed E-state index contributed by atoms with van der Waals surface area (Å²) in [4.78, 5) is 12.6. The summed E-state index contributed by atoms with van der Waals surface area (Å²) < 4.78 is 15.5. The zero-order chi connectivity index (χ0) is 14.5. The monoisotopic (exact) mass is 277 g/mol. The minimum atomic E-state index is -0.802. The molecule has 0 aliphatic carbocycles. The third-order valence-corrected chi connectivity index (χ3v) is 2.34. The van der Waals surface area contributed by atoms with Gasteiger partial charge in [0.25, 0.3) is 0 Å². The Kier molecular flexibility index (Phi) is 11.9. The molecule has 6 nitrogen and oxygen atoms in total. The van der Waals surface area contributed by atoms with Gasteiger partial charge in [0.05, 0.1) is 39.6 Å². The van der Waals surface area contributed by atoms with Crippen molar-refractivity contribution in [2.24, 2.45) is 5.92 Å². The summed E-state index contributed by atoms with van der Waals surface area (Å²) >= 11 is 0. The average molecular weight is 277 g/mol. The minimum Gasteiger partial charge on any atom is -0.480 e. The van der Waals surface area contributed by atoms with Gasteiger partial charge >= 0.3 is 5.97 Å². The highest BCUT2D eigenvalue weighted by molar-refractivity contribution is 5.69. The highest BCUT2D eigenvalue weighted by Gasteiger charge is 2.10. The van der Waals surface area contributed by atoms with Crippen LogP contribution in [0.15, 0.2) is 0 Å². The maximum absolute atomic E-state index is 10.7. The number of methoxy groups -OCH3 is 1. The van der Waals surface area contributed by atoms with Gasteiger partial charge in [0.15, 0.2) is 0 Å². The Balaban J connectivity index is 3.54. The third kappa shape index (κ3) is 13.5. The minimum absolute atomic E-state index is 0.0614. The first-order valence-corrected chi connectivity index (χ1v) is 6.64. The molecule has 0 bridgehead atoms. The zero-order valence-corrected chi connectivity index (χ0v) is 12.3. The second-order valence-electron chi connectivity index (χ2n) is 4.74. The number of hydrogen-bond donors (Lipinski definition) is 1. The summed E-state index contributed by atoms with van der Waals surface area (Å²) in [6.45, 7) is 8.32. The van der Waals surface area contributed by atoms with E-state index in [-0.39, 0.29) is 6.54 Å². The molecular formula is C13H27NO5. The summed E-state index contributed by atoms with van der Waals surface area (Å²) in [5, 5.41) is 8.81. The van der Waals surface area contributed by atoms with Crippen molar-refractivity contribution in [3.05, 3.63) is 0 Å². The van der Waals surface area contributed by atoms with E-state index in [9.17, 15) is 4.79 Å². The molecule has 6 heteroatoms. The summed E-state index contributed by atoms with van der Waals surface area (Å²) in [6, 6.07) is 0. The fraction of sp³-hybridized carbons (Fsp3) is 0.923. The number of nitrogens with zero attached hydrogens (tertiary/aromatic N) is 1. The molecule has 0 aromatic rings. The molecule has 0 aliphatic heterocycles. The van der Waals surface area contributed by atoms with Crippen molar-refractivity contribution in [2.75, 3.05) is 59.8 Å². The molecule has 0 aliphatic rings. The molecule has 0 amide bonds. The first-order chi connectivity index (χ1) is 9.06. The number of aliphatic carboxylic acids is 1. The number of carboxylic acid groups (broad SMARTS) is 1. The van der Waals surface area contributed by atoms with Crippen molar-refractivity contribution >= 4 is 5.97 Å². The second kappa shape index (κ2) is 12.3. The van der Waals surface area contributed by atoms with Crippen LogP contribution in [0, 0.1) is 5.92 Å². The van der Waals surface area contributed by atoms with E-state index in [0.29, 0.717) is 45.5 Å². The summed E-state index contributed by atoms with van der Waals surface area (Å²) in [6.07, 6.45) is 0. The Morgan fingerprint density at radius 3 is 2.21 bits per heavy atom. The zero-order valence-electron chi connectivity index (χ0n) is 12.3. The summed E-state index contributed by atoms with van der Waals surface area (Å²) in [5.41, 5.74) is 0. The lowest BCUT2D eigenvalue weighted by molar-refractivity contribution is -0.138. The maximum Gasteiger partial charge on any atom is 0.317 e. The predicted molar refractivity (Wildman–Crippen MR) is 72.4 cm³/mol. The van der Waals surface area contributed by atoms with Crippen LogP contribution in [0.25, 0.3) is 0 Å². The Hall–Kier alpha value is -0.690. The molecule has 0 unspecified atom stereocenters. The topological polar surface area (TPSA) is 68.2 Å². The number of carboxylic acids is 1. The molecule has 0 heterocycles. The molecular weight excluding hydrogens is 250 g/mol. The first kappa shape index (κ1) is 18.3. The Bertz CT molecular complexity index is 223. The Labute approximate surface area is 115 Å². The van der Waals surface area contributed by atoms with E-state index in [4.69, 9.17) is 19.3 Å². The lowest BCUT2D eigenvalue weighted by Crippen LogP contribution is -2.35. The van der Waals surface area contributed by atoms with Crippen LogP contribution in [0.3, 0.4) is 0 Å². The van der Waals surface area contributed by atoms with E-state index in [1.54, 1.807) is 7.11 Å². The van der Waals surface area contributed by atoms with Crippen LogP contribution < -0.4 is 0 Å². The lowest BCUT2D eigenvalue weighted by atomic mass is 10.2. The lowest BCUT2D eigenvalue weighted by Gasteiger charge is -2.22. The third-order valence-electron chi connectivity index (χ3n) is 2.34. The molecule has 0 atom stereocenters. The molecule has 0 rings (SSSR count). The molecule has 19 heavy (non-hydrogen) atoms. The van der Waals surface area contributed by atoms with Gasteiger partial charge in [-0.1, -0.05) is 13.8 Å². The molecule has 1 N–H and O–H groups in total. The van der Waals surface area contributed by atoms with E-state index in [1.165, 1.54) is 0 Å². The molecule has 0 fully saturated rings. The van der Waals surface area contributed by atoms with E-state index >= 15 is 0 Å². The number of rotatable bonds is 13. The van der Waals surface area contributed by atoms with Crippen molar-refractivity contribution in [3.8, 4) is 0 Å². The van der Waals surface area contributed by atoms with Crippen LogP contribution in [0.1, 0.15) is 13.8 Å². The van der Waals surface area contributed by atoms with Crippen LogP contribution in [0.2, 0.25) is 0 Å². The SMILES string of the molecule is COCCOCCOCCN(CC(=O)O)CC(C)C.